The Balaban J connectivity index is 2.37. The first-order valence-electron chi connectivity index (χ1n) is 7.53. The van der Waals surface area contributed by atoms with E-state index in [9.17, 15) is 13.9 Å². The highest BCUT2D eigenvalue weighted by Crippen LogP contribution is 2.54. The molecule has 0 aliphatic rings. The maximum Gasteiger partial charge on any atom is 0.530 e. The number of rotatable bonds is 7. The molecule has 0 saturated heterocycles. The van der Waals surface area contributed by atoms with Gasteiger partial charge in [-0.25, -0.2) is 4.79 Å². The van der Waals surface area contributed by atoms with Crippen molar-refractivity contribution in [3.63, 3.8) is 0 Å². The first-order chi connectivity index (χ1) is 11.5. The van der Waals surface area contributed by atoms with E-state index in [4.69, 9.17) is 9.05 Å². The van der Waals surface area contributed by atoms with Crippen LogP contribution < -0.4 is 10.6 Å². The SMILES string of the molecule is CCOC(=O)C(C)[P+](=O)OP(=O)(c1ccccc1)c1ccccc1. The van der Waals surface area contributed by atoms with E-state index in [0.717, 1.165) is 0 Å². The average Bonchev–Trinajstić information content (AvgIpc) is 2.62. The van der Waals surface area contributed by atoms with E-state index in [1.807, 2.05) is 0 Å². The van der Waals surface area contributed by atoms with Crippen LogP contribution in [0.4, 0.5) is 0 Å². The number of hydrogen-bond donors (Lipinski definition) is 0. The molecule has 2 aromatic rings. The molecule has 0 heterocycles. The molecule has 0 N–H and O–H groups in total. The minimum Gasteiger partial charge on any atom is -0.463 e. The second kappa shape index (κ2) is 8.34. The van der Waals surface area contributed by atoms with Crippen LogP contribution >= 0.6 is 15.4 Å². The van der Waals surface area contributed by atoms with E-state index in [1.54, 1.807) is 67.6 Å². The van der Waals surface area contributed by atoms with Gasteiger partial charge in [-0.1, -0.05) is 40.7 Å². The van der Waals surface area contributed by atoms with Gasteiger partial charge in [0.15, 0.2) is 0 Å². The molecule has 24 heavy (non-hydrogen) atoms. The van der Waals surface area contributed by atoms with Gasteiger partial charge in [-0.3, -0.25) is 4.57 Å². The predicted octanol–water partition coefficient (Wildman–Crippen LogP) is 3.63. The summed E-state index contributed by atoms with van der Waals surface area (Å²) in [5.74, 6) is -0.633. The predicted molar refractivity (Wildman–Crippen MR) is 94.5 cm³/mol. The molecule has 0 fully saturated rings. The number of carbonyl (C=O) groups excluding carboxylic acids is 1. The van der Waals surface area contributed by atoms with Crippen LogP contribution in [0.5, 0.6) is 0 Å². The molecule has 0 bridgehead atoms. The first kappa shape index (κ1) is 18.5. The van der Waals surface area contributed by atoms with E-state index in [0.29, 0.717) is 10.6 Å². The number of benzene rings is 2. The monoisotopic (exact) mass is 365 g/mol. The summed E-state index contributed by atoms with van der Waals surface area (Å²) in [5.41, 5.74) is -0.999. The lowest BCUT2D eigenvalue weighted by molar-refractivity contribution is -0.142. The highest BCUT2D eigenvalue weighted by molar-refractivity contribution is 7.78. The second-order valence-corrected chi connectivity index (χ2v) is 9.15. The van der Waals surface area contributed by atoms with Gasteiger partial charge in [0.05, 0.1) is 6.61 Å². The zero-order valence-electron chi connectivity index (χ0n) is 13.5. The highest BCUT2D eigenvalue weighted by Gasteiger charge is 2.45. The summed E-state index contributed by atoms with van der Waals surface area (Å²) in [6.45, 7) is 3.29. The third-order valence-corrected chi connectivity index (χ3v) is 7.69. The molecule has 7 heteroatoms. The lowest BCUT2D eigenvalue weighted by atomic mass is 10.4. The third kappa shape index (κ3) is 4.18. The Morgan fingerprint density at radius 2 is 1.50 bits per heavy atom. The standard InChI is InChI=1S/C17H19O5P2/c1-3-21-17(18)14(2)23(19)22-24(20,15-10-6-4-7-11-15)16-12-8-5-9-13-16/h4-14H,3H2,1-2H3/q+1. The van der Waals surface area contributed by atoms with Crippen molar-refractivity contribution in [2.45, 2.75) is 19.5 Å². The topological polar surface area (TPSA) is 69.7 Å². The van der Waals surface area contributed by atoms with Gasteiger partial charge in [0.25, 0.3) is 5.66 Å². The van der Waals surface area contributed by atoms with Crippen LogP contribution in [0.15, 0.2) is 60.7 Å². The molecular formula is C17H19O5P2+. The Kier molecular flexibility index (Phi) is 6.44. The average molecular weight is 365 g/mol. The fourth-order valence-corrected chi connectivity index (χ4v) is 5.93. The number of esters is 1. The maximum atomic E-state index is 13.6. The Morgan fingerprint density at radius 3 is 1.92 bits per heavy atom. The molecule has 2 atom stereocenters. The van der Waals surface area contributed by atoms with Crippen LogP contribution in [-0.4, -0.2) is 18.2 Å². The molecule has 0 radical (unpaired) electrons. The molecule has 2 unspecified atom stereocenters. The summed E-state index contributed by atoms with van der Waals surface area (Å²) in [5, 5.41) is 0.853. The molecule has 2 rings (SSSR count). The maximum absolute atomic E-state index is 13.6. The van der Waals surface area contributed by atoms with Crippen molar-refractivity contribution >= 4 is 32.0 Å². The number of carbonyl (C=O) groups is 1. The normalized spacial score (nSPS) is 13.2. The Morgan fingerprint density at radius 1 is 1.04 bits per heavy atom. The Bertz CT molecular complexity index is 703. The zero-order chi connectivity index (χ0) is 17.6. The van der Waals surface area contributed by atoms with Crippen molar-refractivity contribution in [3.8, 4) is 0 Å². The summed E-state index contributed by atoms with van der Waals surface area (Å²) >= 11 is 0. The highest BCUT2D eigenvalue weighted by atomic mass is 31.2. The molecule has 0 saturated carbocycles. The smallest absolute Gasteiger partial charge is 0.463 e. The second-order valence-electron chi connectivity index (χ2n) is 5.02. The van der Waals surface area contributed by atoms with Crippen LogP contribution in [0, 0.1) is 0 Å². The summed E-state index contributed by atoms with van der Waals surface area (Å²) in [4.78, 5) is 11.8. The van der Waals surface area contributed by atoms with Crippen LogP contribution in [0.3, 0.4) is 0 Å². The quantitative estimate of drug-likeness (QED) is 0.554. The molecule has 0 spiro atoms. The summed E-state index contributed by atoms with van der Waals surface area (Å²) in [6.07, 6.45) is 0. The molecular weight excluding hydrogens is 346 g/mol. The van der Waals surface area contributed by atoms with Gasteiger partial charge in [-0.15, -0.1) is 0 Å². The van der Waals surface area contributed by atoms with Crippen molar-refractivity contribution in [1.29, 1.82) is 0 Å². The van der Waals surface area contributed by atoms with Crippen LogP contribution in [-0.2, 0) is 23.0 Å². The van der Waals surface area contributed by atoms with Gasteiger partial charge in [-0.2, -0.15) is 0 Å². The lowest BCUT2D eigenvalue weighted by Gasteiger charge is -2.13. The van der Waals surface area contributed by atoms with E-state index < -0.39 is 27.0 Å². The fourth-order valence-electron chi connectivity index (χ4n) is 2.02. The molecule has 2 aromatic carbocycles. The van der Waals surface area contributed by atoms with Crippen LogP contribution in [0.25, 0.3) is 0 Å². The summed E-state index contributed by atoms with van der Waals surface area (Å²) in [6, 6.07) is 17.1. The zero-order valence-corrected chi connectivity index (χ0v) is 15.3. The Hall–Kier alpha value is -1.80. The molecule has 0 amide bonds. The van der Waals surface area contributed by atoms with Crippen molar-refractivity contribution in [2.24, 2.45) is 0 Å². The number of ether oxygens (including phenoxy) is 1. The van der Waals surface area contributed by atoms with Crippen LogP contribution in [0.1, 0.15) is 13.8 Å². The first-order valence-corrected chi connectivity index (χ1v) is 10.4. The molecule has 5 nitrogen and oxygen atoms in total. The van der Waals surface area contributed by atoms with Gasteiger partial charge >= 0.3 is 21.4 Å². The minimum atomic E-state index is -3.58. The molecule has 0 aliphatic carbocycles. The summed E-state index contributed by atoms with van der Waals surface area (Å²) in [7, 11) is -6.10. The van der Waals surface area contributed by atoms with Gasteiger partial charge in [-0.05, 0) is 42.7 Å². The molecule has 0 aliphatic heterocycles. The van der Waals surface area contributed by atoms with Gasteiger partial charge < -0.3 is 4.74 Å². The van der Waals surface area contributed by atoms with E-state index in [1.165, 1.54) is 6.92 Å². The third-order valence-electron chi connectivity index (χ3n) is 3.33. The largest absolute Gasteiger partial charge is 0.530 e. The van der Waals surface area contributed by atoms with E-state index >= 15 is 0 Å². The van der Waals surface area contributed by atoms with E-state index in [-0.39, 0.29) is 6.61 Å². The van der Waals surface area contributed by atoms with Gasteiger partial charge in [0, 0.05) is 10.6 Å². The fraction of sp³-hybridized carbons (Fsp3) is 0.235. The van der Waals surface area contributed by atoms with Crippen molar-refractivity contribution in [2.75, 3.05) is 6.61 Å². The summed E-state index contributed by atoms with van der Waals surface area (Å²) < 4.78 is 36.4. The lowest BCUT2D eigenvalue weighted by Crippen LogP contribution is -2.20. The van der Waals surface area contributed by atoms with Crippen molar-refractivity contribution in [3.05, 3.63) is 60.7 Å². The van der Waals surface area contributed by atoms with Gasteiger partial charge in [0.1, 0.15) is 0 Å². The Labute approximate surface area is 142 Å². The van der Waals surface area contributed by atoms with Crippen molar-refractivity contribution < 1.29 is 23.0 Å². The van der Waals surface area contributed by atoms with E-state index in [2.05, 4.69) is 0 Å². The minimum absolute atomic E-state index is 0.182. The van der Waals surface area contributed by atoms with Crippen LogP contribution in [0.2, 0.25) is 0 Å². The molecule has 0 aromatic heterocycles. The van der Waals surface area contributed by atoms with Gasteiger partial charge in [0.2, 0.25) is 0 Å². The van der Waals surface area contributed by atoms with Crippen molar-refractivity contribution in [1.82, 2.24) is 0 Å². The molecule has 126 valence electrons. The number of hydrogen-bond acceptors (Lipinski definition) is 5.